The van der Waals surface area contributed by atoms with E-state index in [1.54, 1.807) is 29.2 Å². The monoisotopic (exact) mass is 368 g/mol. The van der Waals surface area contributed by atoms with Crippen LogP contribution in [0.5, 0.6) is 0 Å². The molecular formula is C19H17ClN4O2. The number of benzene rings is 2. The molecule has 2 heterocycles. The number of hydrogen-bond acceptors (Lipinski definition) is 2. The predicted molar refractivity (Wildman–Crippen MR) is 101 cm³/mol. The van der Waals surface area contributed by atoms with E-state index in [4.69, 9.17) is 17.3 Å². The van der Waals surface area contributed by atoms with Crippen molar-refractivity contribution in [2.45, 2.75) is 13.0 Å². The molecule has 0 atom stereocenters. The predicted octanol–water partition coefficient (Wildman–Crippen LogP) is 3.51. The Morgan fingerprint density at radius 2 is 1.92 bits per heavy atom. The van der Waals surface area contributed by atoms with Crippen molar-refractivity contribution in [3.8, 4) is 0 Å². The highest BCUT2D eigenvalue weighted by atomic mass is 35.5. The first-order valence-corrected chi connectivity index (χ1v) is 8.64. The smallest absolute Gasteiger partial charge is 0.322 e. The molecule has 1 aliphatic heterocycles. The number of hydrogen-bond donors (Lipinski definition) is 3. The van der Waals surface area contributed by atoms with Crippen LogP contribution in [-0.2, 0) is 13.0 Å². The van der Waals surface area contributed by atoms with Crippen molar-refractivity contribution in [3.63, 3.8) is 0 Å². The number of H-pyrrole nitrogens is 1. The number of anilines is 1. The largest absolute Gasteiger partial charge is 0.366 e. The average molecular weight is 369 g/mol. The Balaban J connectivity index is 1.52. The molecule has 4 rings (SSSR count). The highest BCUT2D eigenvalue weighted by Crippen LogP contribution is 2.30. The lowest BCUT2D eigenvalue weighted by atomic mass is 10.0. The number of urea groups is 1. The number of rotatable bonds is 2. The maximum absolute atomic E-state index is 12.6. The van der Waals surface area contributed by atoms with E-state index in [9.17, 15) is 9.59 Å². The molecule has 0 unspecified atom stereocenters. The SMILES string of the molecule is NC(=O)c1ccc(NC(=O)N2CCc3[nH]c4ccc(Cl)cc4c3C2)cc1. The molecule has 0 spiro atoms. The van der Waals surface area contributed by atoms with Gasteiger partial charge in [0.2, 0.25) is 5.91 Å². The minimum Gasteiger partial charge on any atom is -0.366 e. The molecule has 1 aliphatic rings. The third-order valence-electron chi connectivity index (χ3n) is 4.65. The molecule has 132 valence electrons. The zero-order valence-electron chi connectivity index (χ0n) is 13.9. The third-order valence-corrected chi connectivity index (χ3v) is 4.88. The lowest BCUT2D eigenvalue weighted by Crippen LogP contribution is -2.38. The molecule has 0 bridgehead atoms. The molecule has 0 fully saturated rings. The molecule has 6 nitrogen and oxygen atoms in total. The highest BCUT2D eigenvalue weighted by molar-refractivity contribution is 6.31. The second-order valence-electron chi connectivity index (χ2n) is 6.32. The van der Waals surface area contributed by atoms with Crippen LogP contribution in [0.3, 0.4) is 0 Å². The molecule has 4 N–H and O–H groups in total. The van der Waals surface area contributed by atoms with Crippen molar-refractivity contribution in [1.82, 2.24) is 9.88 Å². The number of nitrogens with two attached hydrogens (primary N) is 1. The van der Waals surface area contributed by atoms with Gasteiger partial charge in [0.15, 0.2) is 0 Å². The molecule has 1 aromatic heterocycles. The Kier molecular flexibility index (Phi) is 4.05. The van der Waals surface area contributed by atoms with Gasteiger partial charge in [-0.2, -0.15) is 0 Å². The fourth-order valence-electron chi connectivity index (χ4n) is 3.28. The number of aromatic amines is 1. The van der Waals surface area contributed by atoms with Gasteiger partial charge in [-0.25, -0.2) is 4.79 Å². The summed E-state index contributed by atoms with van der Waals surface area (Å²) in [7, 11) is 0. The molecule has 7 heteroatoms. The number of amides is 3. The number of nitrogens with zero attached hydrogens (tertiary/aromatic N) is 1. The molecule has 0 aliphatic carbocycles. The van der Waals surface area contributed by atoms with Crippen LogP contribution >= 0.6 is 11.6 Å². The van der Waals surface area contributed by atoms with Gasteiger partial charge in [-0.05, 0) is 42.5 Å². The maximum Gasteiger partial charge on any atom is 0.322 e. The van der Waals surface area contributed by atoms with Gasteiger partial charge in [-0.15, -0.1) is 0 Å². The third kappa shape index (κ3) is 2.99. The Morgan fingerprint density at radius 1 is 1.15 bits per heavy atom. The highest BCUT2D eigenvalue weighted by Gasteiger charge is 2.24. The van der Waals surface area contributed by atoms with Crippen molar-refractivity contribution in [2.75, 3.05) is 11.9 Å². The summed E-state index contributed by atoms with van der Waals surface area (Å²) < 4.78 is 0. The van der Waals surface area contributed by atoms with E-state index in [0.717, 1.165) is 28.6 Å². The molecule has 2 aromatic carbocycles. The topological polar surface area (TPSA) is 91.2 Å². The Morgan fingerprint density at radius 3 is 2.65 bits per heavy atom. The van der Waals surface area contributed by atoms with E-state index in [1.807, 2.05) is 18.2 Å². The van der Waals surface area contributed by atoms with Gasteiger partial charge >= 0.3 is 6.03 Å². The number of fused-ring (bicyclic) bond motifs is 3. The summed E-state index contributed by atoms with van der Waals surface area (Å²) in [6.45, 7) is 1.14. The van der Waals surface area contributed by atoms with E-state index in [0.29, 0.717) is 29.4 Å². The van der Waals surface area contributed by atoms with Crippen molar-refractivity contribution >= 4 is 40.1 Å². The lowest BCUT2D eigenvalue weighted by molar-refractivity contribution is 0.100. The first-order valence-electron chi connectivity index (χ1n) is 8.26. The average Bonchev–Trinajstić information content (AvgIpc) is 2.99. The Hall–Kier alpha value is -2.99. The number of carbonyl (C=O) groups excluding carboxylic acids is 2. The summed E-state index contributed by atoms with van der Waals surface area (Å²) in [5, 5.41) is 4.59. The van der Waals surface area contributed by atoms with Crippen LogP contribution in [-0.4, -0.2) is 28.4 Å². The number of carbonyl (C=O) groups is 2. The van der Waals surface area contributed by atoms with Crippen molar-refractivity contribution in [1.29, 1.82) is 0 Å². The molecule has 3 amide bonds. The fourth-order valence-corrected chi connectivity index (χ4v) is 3.45. The van der Waals surface area contributed by atoms with E-state index in [2.05, 4.69) is 10.3 Å². The first kappa shape index (κ1) is 16.5. The van der Waals surface area contributed by atoms with Gasteiger partial charge < -0.3 is 20.9 Å². The summed E-state index contributed by atoms with van der Waals surface area (Å²) >= 11 is 6.12. The van der Waals surface area contributed by atoms with Crippen LogP contribution < -0.4 is 11.1 Å². The van der Waals surface area contributed by atoms with Crippen molar-refractivity contribution in [3.05, 3.63) is 64.3 Å². The number of halogens is 1. The fraction of sp³-hybridized carbons (Fsp3) is 0.158. The van der Waals surface area contributed by atoms with Crippen LogP contribution in [0.15, 0.2) is 42.5 Å². The second kappa shape index (κ2) is 6.38. The Labute approximate surface area is 154 Å². The van der Waals surface area contributed by atoms with Gasteiger partial charge in [0, 0.05) is 57.9 Å². The van der Waals surface area contributed by atoms with Crippen LogP contribution in [0.4, 0.5) is 10.5 Å². The van der Waals surface area contributed by atoms with Gasteiger partial charge in [0.05, 0.1) is 0 Å². The quantitative estimate of drug-likeness (QED) is 0.646. The molecule has 0 saturated heterocycles. The zero-order chi connectivity index (χ0) is 18.3. The van der Waals surface area contributed by atoms with Crippen LogP contribution in [0, 0.1) is 0 Å². The van der Waals surface area contributed by atoms with Gasteiger partial charge in [-0.3, -0.25) is 4.79 Å². The normalized spacial score (nSPS) is 13.5. The second-order valence-corrected chi connectivity index (χ2v) is 6.75. The lowest BCUT2D eigenvalue weighted by Gasteiger charge is -2.27. The maximum atomic E-state index is 12.6. The molecule has 3 aromatic rings. The van der Waals surface area contributed by atoms with Crippen molar-refractivity contribution in [2.24, 2.45) is 5.73 Å². The minimum atomic E-state index is -0.496. The summed E-state index contributed by atoms with van der Waals surface area (Å²) in [5.41, 5.74) is 9.53. The zero-order valence-corrected chi connectivity index (χ0v) is 14.6. The van der Waals surface area contributed by atoms with Crippen LogP contribution in [0.25, 0.3) is 10.9 Å². The number of primary amides is 1. The summed E-state index contributed by atoms with van der Waals surface area (Å²) in [4.78, 5) is 28.9. The van der Waals surface area contributed by atoms with Crippen molar-refractivity contribution < 1.29 is 9.59 Å². The van der Waals surface area contributed by atoms with E-state index in [1.165, 1.54) is 0 Å². The van der Waals surface area contributed by atoms with E-state index < -0.39 is 5.91 Å². The minimum absolute atomic E-state index is 0.182. The molecule has 26 heavy (non-hydrogen) atoms. The molecular weight excluding hydrogens is 352 g/mol. The van der Waals surface area contributed by atoms with E-state index in [-0.39, 0.29) is 6.03 Å². The summed E-state index contributed by atoms with van der Waals surface area (Å²) in [5.74, 6) is -0.496. The first-order chi connectivity index (χ1) is 12.5. The number of nitrogens with one attached hydrogen (secondary N) is 2. The van der Waals surface area contributed by atoms with E-state index >= 15 is 0 Å². The standard InChI is InChI=1S/C19H17ClN4O2/c20-12-3-6-16-14(9-12)15-10-24(8-7-17(15)23-16)19(26)22-13-4-1-11(2-5-13)18(21)25/h1-6,9,23H,7-8,10H2,(H2,21,25)(H,22,26). The van der Waals surface area contributed by atoms with Gasteiger partial charge in [0.1, 0.15) is 0 Å². The molecule has 0 radical (unpaired) electrons. The Bertz CT molecular complexity index is 1010. The van der Waals surface area contributed by atoms with Crippen LogP contribution in [0.1, 0.15) is 21.6 Å². The molecule has 0 saturated carbocycles. The number of aromatic nitrogens is 1. The summed E-state index contributed by atoms with van der Waals surface area (Å²) in [6.07, 6.45) is 0.760. The van der Waals surface area contributed by atoms with Crippen LogP contribution in [0.2, 0.25) is 5.02 Å². The van der Waals surface area contributed by atoms with Gasteiger partial charge in [-0.1, -0.05) is 11.6 Å². The van der Waals surface area contributed by atoms with Gasteiger partial charge in [0.25, 0.3) is 0 Å². The summed E-state index contributed by atoms with van der Waals surface area (Å²) in [6, 6.07) is 12.1.